The van der Waals surface area contributed by atoms with Crippen molar-refractivity contribution in [3.8, 4) is 0 Å². The van der Waals surface area contributed by atoms with Gasteiger partial charge in [-0.1, -0.05) is 30.3 Å². The number of carboxylic acid groups (broad SMARTS) is 1. The molecule has 1 aliphatic rings. The molecular formula is C19H30N6O5S. The Balaban J connectivity index is 1.95. The van der Waals surface area contributed by atoms with E-state index < -0.39 is 22.2 Å². The van der Waals surface area contributed by atoms with Gasteiger partial charge >= 0.3 is 6.09 Å². The van der Waals surface area contributed by atoms with Crippen LogP contribution in [0.2, 0.25) is 0 Å². The molecule has 0 bridgehead atoms. The Morgan fingerprint density at radius 2 is 2.06 bits per heavy atom. The number of carbonyl (C=O) groups is 2. The molecule has 0 saturated carbocycles. The number of nitrogens with zero attached hydrogens (tertiary/aromatic N) is 2. The molecule has 1 aromatic rings. The number of nitrogens with two attached hydrogens (primary N) is 1. The molecule has 2 amide bonds. The van der Waals surface area contributed by atoms with Crippen molar-refractivity contribution in [3.63, 3.8) is 0 Å². The van der Waals surface area contributed by atoms with Crippen molar-refractivity contribution in [2.75, 3.05) is 25.4 Å². The lowest BCUT2D eigenvalue weighted by atomic mass is 10.0. The molecule has 1 heterocycles. The Morgan fingerprint density at radius 3 is 2.74 bits per heavy atom. The van der Waals surface area contributed by atoms with Gasteiger partial charge in [-0.25, -0.2) is 17.9 Å². The van der Waals surface area contributed by atoms with Gasteiger partial charge in [0.15, 0.2) is 0 Å². The first-order valence-corrected chi connectivity index (χ1v) is 11.7. The van der Waals surface area contributed by atoms with Crippen LogP contribution >= 0.6 is 0 Å². The predicted molar refractivity (Wildman–Crippen MR) is 117 cm³/mol. The summed E-state index contributed by atoms with van der Waals surface area (Å²) >= 11 is 0. The maximum absolute atomic E-state index is 13.1. The number of nitrogens with one attached hydrogen (secondary N) is 3. The molecule has 11 nitrogen and oxygen atoms in total. The molecule has 2 atom stereocenters. The van der Waals surface area contributed by atoms with E-state index in [2.05, 4.69) is 20.5 Å². The lowest BCUT2D eigenvalue weighted by Crippen LogP contribution is -2.52. The highest BCUT2D eigenvalue weighted by atomic mass is 32.2. The van der Waals surface area contributed by atoms with Crippen LogP contribution in [0, 0.1) is 0 Å². The SMILES string of the molecule is NN=CNCCCS(=O)(=O)NCC1CCCN1C(=O)C(Cc1ccccc1)NC(=O)O. The van der Waals surface area contributed by atoms with Gasteiger partial charge in [-0.05, 0) is 24.8 Å². The molecule has 31 heavy (non-hydrogen) atoms. The standard InChI is InChI=1S/C19H30N6O5S/c20-22-14-21-9-5-11-31(29,30)23-13-16-8-4-10-25(16)18(26)17(24-19(27)28)12-15-6-2-1-3-7-15/h1-3,6-7,14,16-17,23-24H,4-5,8-13,20H2,(H,21,22)(H,27,28). The van der Waals surface area contributed by atoms with Crippen molar-refractivity contribution >= 4 is 28.4 Å². The predicted octanol–water partition coefficient (Wildman–Crippen LogP) is -0.343. The first kappa shape index (κ1) is 24.4. The zero-order valence-corrected chi connectivity index (χ0v) is 18.1. The number of carbonyl (C=O) groups excluding carboxylic acids is 1. The zero-order chi connectivity index (χ0) is 22.7. The average Bonchev–Trinajstić information content (AvgIpc) is 3.20. The Morgan fingerprint density at radius 1 is 1.32 bits per heavy atom. The Hall–Kier alpha value is -2.86. The maximum Gasteiger partial charge on any atom is 0.405 e. The molecule has 1 aromatic carbocycles. The number of hydrogen-bond acceptors (Lipinski definition) is 6. The molecule has 0 spiro atoms. The largest absolute Gasteiger partial charge is 0.465 e. The highest BCUT2D eigenvalue weighted by Gasteiger charge is 2.34. The van der Waals surface area contributed by atoms with Crippen molar-refractivity contribution in [1.29, 1.82) is 0 Å². The molecule has 1 aliphatic heterocycles. The molecule has 2 unspecified atom stereocenters. The van der Waals surface area contributed by atoms with Crippen molar-refractivity contribution in [2.24, 2.45) is 10.9 Å². The van der Waals surface area contributed by atoms with Gasteiger partial charge in [-0.2, -0.15) is 5.10 Å². The molecule has 0 radical (unpaired) electrons. The number of amides is 2. The van der Waals surface area contributed by atoms with Gasteiger partial charge in [0, 0.05) is 32.1 Å². The minimum absolute atomic E-state index is 0.0731. The van der Waals surface area contributed by atoms with Gasteiger partial charge in [-0.3, -0.25) is 4.79 Å². The minimum Gasteiger partial charge on any atom is -0.465 e. The monoisotopic (exact) mass is 454 g/mol. The molecule has 6 N–H and O–H groups in total. The number of benzene rings is 1. The summed E-state index contributed by atoms with van der Waals surface area (Å²) in [4.78, 5) is 25.9. The zero-order valence-electron chi connectivity index (χ0n) is 17.2. The van der Waals surface area contributed by atoms with Crippen LogP contribution in [0.15, 0.2) is 35.4 Å². The molecule has 12 heteroatoms. The number of rotatable bonds is 12. The van der Waals surface area contributed by atoms with Crippen LogP contribution in [-0.4, -0.2) is 74.2 Å². The fourth-order valence-electron chi connectivity index (χ4n) is 3.51. The molecule has 1 saturated heterocycles. The van der Waals surface area contributed by atoms with Gasteiger partial charge < -0.3 is 26.5 Å². The van der Waals surface area contributed by atoms with Gasteiger partial charge in [0.05, 0.1) is 5.75 Å². The van der Waals surface area contributed by atoms with Gasteiger partial charge in [-0.15, -0.1) is 0 Å². The third-order valence-corrected chi connectivity index (χ3v) is 6.41. The number of hydrogen-bond donors (Lipinski definition) is 5. The highest BCUT2D eigenvalue weighted by Crippen LogP contribution is 2.19. The third-order valence-electron chi connectivity index (χ3n) is 4.98. The van der Waals surface area contributed by atoms with Gasteiger partial charge in [0.2, 0.25) is 15.9 Å². The number of hydrazone groups is 1. The summed E-state index contributed by atoms with van der Waals surface area (Å²) in [7, 11) is -3.51. The second-order valence-electron chi connectivity index (χ2n) is 7.27. The lowest BCUT2D eigenvalue weighted by Gasteiger charge is -2.29. The first-order valence-electron chi connectivity index (χ1n) is 10.1. The van der Waals surface area contributed by atoms with E-state index >= 15 is 0 Å². The van der Waals surface area contributed by atoms with E-state index in [0.29, 0.717) is 25.9 Å². The molecular weight excluding hydrogens is 424 g/mol. The molecule has 0 aromatic heterocycles. The van der Waals surface area contributed by atoms with Crippen LogP contribution in [-0.2, 0) is 21.2 Å². The second kappa shape index (κ2) is 12.1. The quantitative estimate of drug-likeness (QED) is 0.0946. The van der Waals surface area contributed by atoms with Crippen LogP contribution in [0.1, 0.15) is 24.8 Å². The topological polar surface area (TPSA) is 166 Å². The fourth-order valence-corrected chi connectivity index (χ4v) is 4.63. The van der Waals surface area contributed by atoms with E-state index in [1.807, 2.05) is 30.3 Å². The lowest BCUT2D eigenvalue weighted by molar-refractivity contribution is -0.134. The number of likely N-dealkylation sites (tertiary alicyclic amines) is 1. The summed E-state index contributed by atoms with van der Waals surface area (Å²) in [5, 5.41) is 17.5. The fraction of sp³-hybridized carbons (Fsp3) is 0.526. The van der Waals surface area contributed by atoms with E-state index in [0.717, 1.165) is 12.0 Å². The van der Waals surface area contributed by atoms with Crippen LogP contribution in [0.3, 0.4) is 0 Å². The summed E-state index contributed by atoms with van der Waals surface area (Å²) in [6.45, 7) is 0.967. The van der Waals surface area contributed by atoms with E-state index in [-0.39, 0.29) is 30.7 Å². The van der Waals surface area contributed by atoms with Crippen molar-refractivity contribution in [1.82, 2.24) is 20.3 Å². The molecule has 1 fully saturated rings. The molecule has 0 aliphatic carbocycles. The van der Waals surface area contributed by atoms with E-state index in [1.165, 1.54) is 6.34 Å². The van der Waals surface area contributed by atoms with Crippen molar-refractivity contribution in [3.05, 3.63) is 35.9 Å². The highest BCUT2D eigenvalue weighted by molar-refractivity contribution is 7.89. The van der Waals surface area contributed by atoms with Crippen LogP contribution in [0.5, 0.6) is 0 Å². The van der Waals surface area contributed by atoms with Gasteiger partial charge in [0.1, 0.15) is 12.4 Å². The van der Waals surface area contributed by atoms with Crippen molar-refractivity contribution < 1.29 is 23.1 Å². The van der Waals surface area contributed by atoms with Crippen LogP contribution in [0.4, 0.5) is 4.79 Å². The summed E-state index contributed by atoms with van der Waals surface area (Å²) in [5.41, 5.74) is 0.833. The Kier molecular flexibility index (Phi) is 9.53. The average molecular weight is 455 g/mol. The first-order chi connectivity index (χ1) is 14.8. The van der Waals surface area contributed by atoms with Crippen molar-refractivity contribution in [2.45, 2.75) is 37.8 Å². The molecule has 2 rings (SSSR count). The minimum atomic E-state index is -3.51. The van der Waals surface area contributed by atoms with E-state index in [9.17, 15) is 23.1 Å². The summed E-state index contributed by atoms with van der Waals surface area (Å²) in [6, 6.07) is 7.88. The molecule has 172 valence electrons. The Bertz CT molecular complexity index is 849. The normalized spacial score (nSPS) is 17.5. The van der Waals surface area contributed by atoms with E-state index in [1.54, 1.807) is 4.90 Å². The maximum atomic E-state index is 13.1. The third kappa shape index (κ3) is 8.42. The van der Waals surface area contributed by atoms with Crippen LogP contribution in [0.25, 0.3) is 0 Å². The summed E-state index contributed by atoms with van der Waals surface area (Å²) in [5.74, 6) is 4.53. The van der Waals surface area contributed by atoms with Crippen LogP contribution < -0.4 is 21.2 Å². The number of sulfonamides is 1. The second-order valence-corrected chi connectivity index (χ2v) is 9.20. The van der Waals surface area contributed by atoms with E-state index in [4.69, 9.17) is 5.84 Å². The Labute approximate surface area is 182 Å². The smallest absolute Gasteiger partial charge is 0.405 e. The summed E-state index contributed by atoms with van der Waals surface area (Å²) in [6.07, 6.45) is 1.98. The van der Waals surface area contributed by atoms with Gasteiger partial charge in [0.25, 0.3) is 0 Å². The summed E-state index contributed by atoms with van der Waals surface area (Å²) < 4.78 is 27.0.